The number of nitrogens with two attached hydrogens (primary N) is 1. The molecule has 0 aromatic carbocycles. The average Bonchev–Trinajstić information content (AvgIpc) is 2.79. The highest BCUT2D eigenvalue weighted by Gasteiger charge is 2.26. The molecule has 0 aliphatic carbocycles. The Labute approximate surface area is 106 Å². The van der Waals surface area contributed by atoms with Gasteiger partial charge in [0.05, 0.1) is 6.61 Å². The lowest BCUT2D eigenvalue weighted by atomic mass is 9.97. The van der Waals surface area contributed by atoms with Crippen molar-refractivity contribution in [1.82, 2.24) is 5.32 Å². The molecule has 0 aromatic heterocycles. The van der Waals surface area contributed by atoms with Crippen LogP contribution >= 0.6 is 12.4 Å². The monoisotopic (exact) mass is 260 g/mol. The Hall–Kier alpha value is -1.07. The van der Waals surface area contributed by atoms with Crippen LogP contribution in [0.5, 0.6) is 0 Å². The van der Waals surface area contributed by atoms with Gasteiger partial charge in [-0.1, -0.05) is 6.08 Å². The molecule has 2 heterocycles. The molecule has 2 aliphatic rings. The zero-order valence-electron chi connectivity index (χ0n) is 9.48. The van der Waals surface area contributed by atoms with E-state index in [2.05, 4.69) is 5.32 Å². The van der Waals surface area contributed by atoms with Gasteiger partial charge in [0.25, 0.3) is 0 Å². The van der Waals surface area contributed by atoms with Crippen LogP contribution in [0.15, 0.2) is 11.6 Å². The third-order valence-corrected chi connectivity index (χ3v) is 3.00. The van der Waals surface area contributed by atoms with Crippen molar-refractivity contribution in [2.24, 2.45) is 11.7 Å². The average molecular weight is 261 g/mol. The van der Waals surface area contributed by atoms with Crippen molar-refractivity contribution >= 4 is 24.3 Å². The quantitative estimate of drug-likeness (QED) is 0.559. The fourth-order valence-corrected chi connectivity index (χ4v) is 2.12. The first-order valence-corrected chi connectivity index (χ1v) is 5.58. The van der Waals surface area contributed by atoms with Crippen LogP contribution in [0.2, 0.25) is 0 Å². The van der Waals surface area contributed by atoms with Gasteiger partial charge in [0.15, 0.2) is 0 Å². The van der Waals surface area contributed by atoms with Crippen molar-refractivity contribution in [3.05, 3.63) is 11.6 Å². The van der Waals surface area contributed by atoms with Crippen LogP contribution in [0.3, 0.4) is 0 Å². The Morgan fingerprint density at radius 2 is 2.29 bits per heavy atom. The summed E-state index contributed by atoms with van der Waals surface area (Å²) in [5.41, 5.74) is 6.54. The third kappa shape index (κ3) is 3.44. The highest BCUT2D eigenvalue weighted by atomic mass is 35.5. The molecular formula is C11H17ClN2O3. The maximum atomic E-state index is 11.3. The van der Waals surface area contributed by atoms with Crippen LogP contribution in [0.25, 0.3) is 0 Å². The van der Waals surface area contributed by atoms with Gasteiger partial charge in [-0.2, -0.15) is 0 Å². The first kappa shape index (κ1) is 14.0. The molecule has 0 saturated carbocycles. The van der Waals surface area contributed by atoms with Crippen LogP contribution < -0.4 is 11.1 Å². The maximum Gasteiger partial charge on any atom is 0.333 e. The summed E-state index contributed by atoms with van der Waals surface area (Å²) in [6.45, 7) is 1.18. The predicted octanol–water partition coefficient (Wildman–Crippen LogP) is 0.135. The van der Waals surface area contributed by atoms with Crippen LogP contribution in [0.1, 0.15) is 19.3 Å². The van der Waals surface area contributed by atoms with Gasteiger partial charge < -0.3 is 15.8 Å². The van der Waals surface area contributed by atoms with Crippen molar-refractivity contribution in [3.63, 3.8) is 0 Å². The summed E-state index contributed by atoms with van der Waals surface area (Å²) in [5, 5.41) is 2.77. The minimum Gasteiger partial charge on any atom is -0.462 e. The van der Waals surface area contributed by atoms with Crippen molar-refractivity contribution in [3.8, 4) is 0 Å². The molecule has 0 radical (unpaired) electrons. The third-order valence-electron chi connectivity index (χ3n) is 3.00. The molecule has 2 atom stereocenters. The van der Waals surface area contributed by atoms with Gasteiger partial charge in [0, 0.05) is 30.5 Å². The number of halogens is 1. The SMILES string of the molecule is Cl.N[C@H](/C=C1\CCOC1=O)C[C@@H]1CCNC1=O. The number of carbonyl (C=O) groups is 2. The van der Waals surface area contributed by atoms with E-state index in [1.54, 1.807) is 6.08 Å². The van der Waals surface area contributed by atoms with E-state index in [1.807, 2.05) is 0 Å². The van der Waals surface area contributed by atoms with Crippen molar-refractivity contribution < 1.29 is 14.3 Å². The number of carbonyl (C=O) groups excluding carboxylic acids is 2. The van der Waals surface area contributed by atoms with Gasteiger partial charge in [-0.15, -0.1) is 12.4 Å². The largest absolute Gasteiger partial charge is 0.462 e. The molecule has 0 bridgehead atoms. The summed E-state index contributed by atoms with van der Waals surface area (Å²) in [5.74, 6) is -0.210. The van der Waals surface area contributed by atoms with Gasteiger partial charge in [-0.25, -0.2) is 4.79 Å². The van der Waals surface area contributed by atoms with Gasteiger partial charge in [-0.05, 0) is 12.8 Å². The molecule has 3 N–H and O–H groups in total. The van der Waals surface area contributed by atoms with E-state index in [0.29, 0.717) is 25.0 Å². The van der Waals surface area contributed by atoms with Gasteiger partial charge >= 0.3 is 5.97 Å². The summed E-state index contributed by atoms with van der Waals surface area (Å²) >= 11 is 0. The highest BCUT2D eigenvalue weighted by Crippen LogP contribution is 2.19. The Balaban J connectivity index is 0.00000144. The minimum atomic E-state index is -0.272. The number of ether oxygens (including phenoxy) is 1. The molecule has 0 spiro atoms. The molecule has 2 saturated heterocycles. The molecule has 2 rings (SSSR count). The van der Waals surface area contributed by atoms with Gasteiger partial charge in [0.1, 0.15) is 0 Å². The summed E-state index contributed by atoms with van der Waals surface area (Å²) < 4.78 is 4.82. The summed E-state index contributed by atoms with van der Waals surface area (Å²) in [6, 6.07) is -0.241. The van der Waals surface area contributed by atoms with Gasteiger partial charge in [-0.3, -0.25) is 4.79 Å². The lowest BCUT2D eigenvalue weighted by Crippen LogP contribution is -2.27. The maximum absolute atomic E-state index is 11.3. The molecule has 5 nitrogen and oxygen atoms in total. The molecular weight excluding hydrogens is 244 g/mol. The number of rotatable bonds is 3. The van der Waals surface area contributed by atoms with Crippen LogP contribution in [0.4, 0.5) is 0 Å². The Kier molecular flexibility index (Phi) is 4.96. The molecule has 0 unspecified atom stereocenters. The number of esters is 1. The Bertz CT molecular complexity index is 344. The molecule has 6 heteroatoms. The van der Waals surface area contributed by atoms with Crippen LogP contribution in [-0.4, -0.2) is 31.1 Å². The normalized spacial score (nSPS) is 27.6. The van der Waals surface area contributed by atoms with Crippen molar-refractivity contribution in [1.29, 1.82) is 0 Å². The number of nitrogens with one attached hydrogen (secondary N) is 1. The zero-order valence-corrected chi connectivity index (χ0v) is 10.3. The van der Waals surface area contributed by atoms with E-state index >= 15 is 0 Å². The fraction of sp³-hybridized carbons (Fsp3) is 0.636. The topological polar surface area (TPSA) is 81.4 Å². The predicted molar refractivity (Wildman–Crippen MR) is 64.6 cm³/mol. The Morgan fingerprint density at radius 1 is 1.53 bits per heavy atom. The van der Waals surface area contributed by atoms with Crippen molar-refractivity contribution in [2.45, 2.75) is 25.3 Å². The summed E-state index contributed by atoms with van der Waals surface area (Å²) in [4.78, 5) is 22.5. The minimum absolute atomic E-state index is 0. The lowest BCUT2D eigenvalue weighted by molar-refractivity contribution is -0.135. The second kappa shape index (κ2) is 6.02. The molecule has 96 valence electrons. The number of hydrogen-bond donors (Lipinski definition) is 2. The second-order valence-electron chi connectivity index (χ2n) is 4.25. The van der Waals surface area contributed by atoms with Crippen LogP contribution in [0, 0.1) is 5.92 Å². The number of hydrogen-bond acceptors (Lipinski definition) is 4. The smallest absolute Gasteiger partial charge is 0.333 e. The highest BCUT2D eigenvalue weighted by molar-refractivity contribution is 5.90. The van der Waals surface area contributed by atoms with E-state index < -0.39 is 0 Å². The molecule has 1 amide bonds. The van der Waals surface area contributed by atoms with E-state index in [9.17, 15) is 9.59 Å². The zero-order chi connectivity index (χ0) is 11.5. The Morgan fingerprint density at radius 3 is 2.82 bits per heavy atom. The number of cyclic esters (lactones) is 1. The first-order valence-electron chi connectivity index (χ1n) is 5.58. The van der Waals surface area contributed by atoms with E-state index in [0.717, 1.165) is 13.0 Å². The lowest BCUT2D eigenvalue weighted by Gasteiger charge is -2.11. The number of amides is 1. The van der Waals surface area contributed by atoms with E-state index in [4.69, 9.17) is 10.5 Å². The molecule has 0 aromatic rings. The van der Waals surface area contributed by atoms with Crippen molar-refractivity contribution in [2.75, 3.05) is 13.2 Å². The standard InChI is InChI=1S/C11H16N2O3.ClH/c12-9(5-7-1-3-13-10(7)14)6-8-2-4-16-11(8)15;/h6-7,9H,1-5,12H2,(H,13,14);1H/b8-6+;/t7-,9-;/m0./s1. The molecule has 2 fully saturated rings. The molecule has 17 heavy (non-hydrogen) atoms. The fourth-order valence-electron chi connectivity index (χ4n) is 2.12. The van der Waals surface area contributed by atoms with Crippen LogP contribution in [-0.2, 0) is 14.3 Å². The molecule has 2 aliphatic heterocycles. The summed E-state index contributed by atoms with van der Waals surface area (Å²) in [7, 11) is 0. The summed E-state index contributed by atoms with van der Waals surface area (Å²) in [6.07, 6.45) is 3.80. The van der Waals surface area contributed by atoms with Gasteiger partial charge in [0.2, 0.25) is 5.91 Å². The van der Waals surface area contributed by atoms with E-state index in [-0.39, 0.29) is 36.2 Å². The second-order valence-corrected chi connectivity index (χ2v) is 4.25. The first-order chi connectivity index (χ1) is 7.66. The van der Waals surface area contributed by atoms with E-state index in [1.165, 1.54) is 0 Å².